The summed E-state index contributed by atoms with van der Waals surface area (Å²) in [6, 6.07) is 70.4. The molecule has 2 heteroatoms. The summed E-state index contributed by atoms with van der Waals surface area (Å²) in [7, 11) is 0. The molecule has 1 aromatic heterocycles. The molecule has 0 aliphatic carbocycles. The molecule has 9 aromatic carbocycles. The smallest absolute Gasteiger partial charge is 0.0619 e. The van der Waals surface area contributed by atoms with Crippen LogP contribution in [0, 0.1) is 0 Å². The van der Waals surface area contributed by atoms with Gasteiger partial charge in [0.1, 0.15) is 0 Å². The number of hydrogen-bond acceptors (Lipinski definition) is 1. The van der Waals surface area contributed by atoms with Crippen molar-refractivity contribution in [2.75, 3.05) is 4.90 Å². The molecule has 0 amide bonds. The second-order valence-corrected chi connectivity index (χ2v) is 12.9. The Morgan fingerprint density at radius 1 is 0.380 bits per heavy atom. The van der Waals surface area contributed by atoms with Crippen LogP contribution in [0.4, 0.5) is 17.1 Å². The molecule has 10 aromatic rings. The molecule has 0 atom stereocenters. The number of anilines is 3. The van der Waals surface area contributed by atoms with E-state index < -0.39 is 0 Å². The molecule has 0 spiro atoms. The van der Waals surface area contributed by atoms with Crippen LogP contribution in [0.1, 0.15) is 0 Å². The van der Waals surface area contributed by atoms with Crippen LogP contribution in [-0.2, 0) is 0 Å². The van der Waals surface area contributed by atoms with Crippen molar-refractivity contribution < 1.29 is 0 Å². The third kappa shape index (κ3) is 4.43. The lowest BCUT2D eigenvalue weighted by atomic mass is 9.97. The Kier molecular flexibility index (Phi) is 6.53. The summed E-state index contributed by atoms with van der Waals surface area (Å²) in [5.41, 5.74) is 9.39. The molecule has 2 nitrogen and oxygen atoms in total. The average Bonchev–Trinajstić information content (AvgIpc) is 3.54. The average molecular weight is 637 g/mol. The van der Waals surface area contributed by atoms with Crippen molar-refractivity contribution in [2.24, 2.45) is 0 Å². The molecule has 0 radical (unpaired) electrons. The fourth-order valence-electron chi connectivity index (χ4n) is 7.95. The lowest BCUT2D eigenvalue weighted by Gasteiger charge is -2.28. The monoisotopic (exact) mass is 636 g/mol. The highest BCUT2D eigenvalue weighted by atomic mass is 15.1. The van der Waals surface area contributed by atoms with Gasteiger partial charge < -0.3 is 9.47 Å². The van der Waals surface area contributed by atoms with E-state index in [0.29, 0.717) is 0 Å². The quantitative estimate of drug-likeness (QED) is 0.171. The first kappa shape index (κ1) is 28.4. The van der Waals surface area contributed by atoms with Gasteiger partial charge in [-0.1, -0.05) is 146 Å². The van der Waals surface area contributed by atoms with Gasteiger partial charge >= 0.3 is 0 Å². The van der Waals surface area contributed by atoms with Crippen LogP contribution >= 0.6 is 0 Å². The van der Waals surface area contributed by atoms with E-state index in [1.807, 2.05) is 0 Å². The molecule has 0 aliphatic heterocycles. The van der Waals surface area contributed by atoms with Crippen molar-refractivity contribution in [1.82, 2.24) is 4.57 Å². The maximum Gasteiger partial charge on any atom is 0.0619 e. The second-order valence-electron chi connectivity index (χ2n) is 12.9. The fourth-order valence-corrected chi connectivity index (χ4v) is 7.95. The standard InChI is InChI=1S/C48H32N2/c1-3-18-36(19-4-1)49(46-32-35-16-8-9-23-39(35)42-25-11-12-26-43(42)46)38-22-13-17-34(31-38)40-27-14-28-45-47(40)44-30-29-33-15-7-10-24-41(33)48(44)50(45)37-20-5-2-6-21-37/h1-32H. The Morgan fingerprint density at radius 3 is 1.84 bits per heavy atom. The van der Waals surface area contributed by atoms with Crippen LogP contribution in [-0.4, -0.2) is 4.57 Å². The van der Waals surface area contributed by atoms with Crippen LogP contribution in [0.25, 0.3) is 70.9 Å². The molecule has 0 N–H and O–H groups in total. The minimum absolute atomic E-state index is 1.11. The third-order valence-electron chi connectivity index (χ3n) is 10.1. The van der Waals surface area contributed by atoms with Crippen LogP contribution in [0.5, 0.6) is 0 Å². The summed E-state index contributed by atoms with van der Waals surface area (Å²) < 4.78 is 2.44. The summed E-state index contributed by atoms with van der Waals surface area (Å²) >= 11 is 0. The van der Waals surface area contributed by atoms with Gasteiger partial charge in [-0.15, -0.1) is 0 Å². The number of benzene rings is 9. The van der Waals surface area contributed by atoms with E-state index in [9.17, 15) is 0 Å². The maximum absolute atomic E-state index is 2.44. The topological polar surface area (TPSA) is 8.17 Å². The molecule has 0 saturated carbocycles. The largest absolute Gasteiger partial charge is 0.310 e. The van der Waals surface area contributed by atoms with Crippen LogP contribution in [0.15, 0.2) is 194 Å². The zero-order valence-corrected chi connectivity index (χ0v) is 27.4. The van der Waals surface area contributed by atoms with Gasteiger partial charge in [-0.2, -0.15) is 0 Å². The van der Waals surface area contributed by atoms with Gasteiger partial charge in [0.15, 0.2) is 0 Å². The molecule has 0 saturated heterocycles. The van der Waals surface area contributed by atoms with Gasteiger partial charge in [0.25, 0.3) is 0 Å². The number of hydrogen-bond donors (Lipinski definition) is 0. The van der Waals surface area contributed by atoms with E-state index in [2.05, 4.69) is 204 Å². The van der Waals surface area contributed by atoms with Crippen LogP contribution in [0.3, 0.4) is 0 Å². The predicted octanol–water partition coefficient (Wildman–Crippen LogP) is 13.4. The van der Waals surface area contributed by atoms with Crippen molar-refractivity contribution in [2.45, 2.75) is 0 Å². The molecule has 0 aliphatic rings. The maximum atomic E-state index is 2.44. The number of rotatable bonds is 5. The SMILES string of the molecule is c1ccc(N(c2cccc(-c3cccc4c3c3ccc5ccccc5c3n4-c3ccccc3)c2)c2cc3ccccc3c3ccccc23)cc1. The summed E-state index contributed by atoms with van der Waals surface area (Å²) in [6.07, 6.45) is 0. The summed E-state index contributed by atoms with van der Waals surface area (Å²) in [4.78, 5) is 2.42. The molecular formula is C48H32N2. The van der Waals surface area contributed by atoms with E-state index in [1.54, 1.807) is 0 Å². The second kappa shape index (κ2) is 11.5. The van der Waals surface area contributed by atoms with E-state index >= 15 is 0 Å². The van der Waals surface area contributed by atoms with Crippen molar-refractivity contribution in [3.63, 3.8) is 0 Å². The van der Waals surface area contributed by atoms with Crippen molar-refractivity contribution in [3.8, 4) is 16.8 Å². The highest BCUT2D eigenvalue weighted by Gasteiger charge is 2.21. The normalized spacial score (nSPS) is 11.6. The van der Waals surface area contributed by atoms with Gasteiger partial charge in [0, 0.05) is 38.6 Å². The molecule has 0 bridgehead atoms. The fraction of sp³-hybridized carbons (Fsp3) is 0. The van der Waals surface area contributed by atoms with E-state index in [-0.39, 0.29) is 0 Å². The van der Waals surface area contributed by atoms with E-state index in [4.69, 9.17) is 0 Å². The molecule has 10 rings (SSSR count). The Labute approximate surface area is 290 Å². The van der Waals surface area contributed by atoms with Gasteiger partial charge in [0.05, 0.1) is 16.7 Å². The lowest BCUT2D eigenvalue weighted by molar-refractivity contribution is 1.19. The molecule has 1 heterocycles. The zero-order chi connectivity index (χ0) is 33.0. The van der Waals surface area contributed by atoms with Gasteiger partial charge in [-0.05, 0) is 81.2 Å². The number of para-hydroxylation sites is 2. The summed E-state index contributed by atoms with van der Waals surface area (Å²) in [6.45, 7) is 0. The first-order valence-corrected chi connectivity index (χ1v) is 17.2. The first-order valence-electron chi connectivity index (χ1n) is 17.2. The predicted molar refractivity (Wildman–Crippen MR) is 213 cm³/mol. The summed E-state index contributed by atoms with van der Waals surface area (Å²) in [5, 5.41) is 9.98. The van der Waals surface area contributed by atoms with Crippen molar-refractivity contribution >= 4 is 71.2 Å². The van der Waals surface area contributed by atoms with E-state index in [0.717, 1.165) is 22.7 Å². The highest BCUT2D eigenvalue weighted by molar-refractivity contribution is 6.22. The minimum atomic E-state index is 1.11. The Morgan fingerprint density at radius 2 is 1.02 bits per heavy atom. The Hall–Kier alpha value is -6.64. The van der Waals surface area contributed by atoms with E-state index in [1.165, 1.54) is 65.3 Å². The Bertz CT molecular complexity index is 2870. The van der Waals surface area contributed by atoms with Crippen molar-refractivity contribution in [1.29, 1.82) is 0 Å². The number of aromatic nitrogens is 1. The Balaban J connectivity index is 1.25. The van der Waals surface area contributed by atoms with Gasteiger partial charge in [-0.3, -0.25) is 0 Å². The molecule has 0 fully saturated rings. The van der Waals surface area contributed by atoms with Gasteiger partial charge in [0.2, 0.25) is 0 Å². The first-order chi connectivity index (χ1) is 24.8. The number of fused-ring (bicyclic) bond motifs is 8. The third-order valence-corrected chi connectivity index (χ3v) is 10.1. The van der Waals surface area contributed by atoms with Gasteiger partial charge in [-0.25, -0.2) is 0 Å². The molecule has 234 valence electrons. The van der Waals surface area contributed by atoms with Crippen LogP contribution < -0.4 is 4.90 Å². The van der Waals surface area contributed by atoms with Crippen molar-refractivity contribution in [3.05, 3.63) is 194 Å². The molecule has 50 heavy (non-hydrogen) atoms. The summed E-state index contributed by atoms with van der Waals surface area (Å²) in [5.74, 6) is 0. The minimum Gasteiger partial charge on any atom is -0.310 e. The zero-order valence-electron chi connectivity index (χ0n) is 27.4. The number of nitrogens with zero attached hydrogens (tertiary/aromatic N) is 2. The van der Waals surface area contributed by atoms with Crippen LogP contribution in [0.2, 0.25) is 0 Å². The molecular weight excluding hydrogens is 605 g/mol. The highest BCUT2D eigenvalue weighted by Crippen LogP contribution is 2.45. The molecule has 0 unspecified atom stereocenters. The lowest BCUT2D eigenvalue weighted by Crippen LogP contribution is -2.10.